The first-order chi connectivity index (χ1) is 9.98. The van der Waals surface area contributed by atoms with E-state index >= 15 is 0 Å². The second kappa shape index (κ2) is 6.50. The summed E-state index contributed by atoms with van der Waals surface area (Å²) in [6.45, 7) is 0. The molecule has 0 radical (unpaired) electrons. The third kappa shape index (κ3) is 3.39. The molecule has 1 aromatic rings. The number of carbonyl (C=O) groups excluding carboxylic acids is 1. The fourth-order valence-electron chi connectivity index (χ4n) is 2.67. The van der Waals surface area contributed by atoms with Gasteiger partial charge in [-0.3, -0.25) is 4.79 Å². The quantitative estimate of drug-likeness (QED) is 0.204. The number of nitrogens with one attached hydrogen (secondary N) is 1. The van der Waals surface area contributed by atoms with Gasteiger partial charge in [0.05, 0.1) is 5.56 Å². The van der Waals surface area contributed by atoms with E-state index in [9.17, 15) is 9.90 Å². The van der Waals surface area contributed by atoms with Gasteiger partial charge >= 0.3 is 0 Å². The number of phenols is 1. The van der Waals surface area contributed by atoms with E-state index < -0.39 is 11.4 Å². The van der Waals surface area contributed by atoms with Gasteiger partial charge in [-0.2, -0.15) is 0 Å². The zero-order chi connectivity index (χ0) is 15.5. The summed E-state index contributed by atoms with van der Waals surface area (Å²) in [5.74, 6) is -0.487. The van der Waals surface area contributed by atoms with E-state index in [1.165, 1.54) is 6.07 Å². The maximum Gasteiger partial charge on any atom is 0.255 e. The summed E-state index contributed by atoms with van der Waals surface area (Å²) >= 11 is 2.07. The Morgan fingerprint density at radius 2 is 2.00 bits per heavy atom. The van der Waals surface area contributed by atoms with Crippen molar-refractivity contribution in [2.24, 2.45) is 10.9 Å². The minimum atomic E-state index is -0.836. The molecule has 0 heterocycles. The lowest BCUT2D eigenvalue weighted by atomic mass is 9.80. The SMILES string of the molecule is N/C(=N/O)C1(NC(=O)c2cc(I)ccc2O)CCCCC1. The predicted octanol–water partition coefficient (Wildman–Crippen LogP) is 2.18. The predicted molar refractivity (Wildman–Crippen MR) is 87.5 cm³/mol. The molecule has 0 aliphatic heterocycles. The van der Waals surface area contributed by atoms with Crippen molar-refractivity contribution < 1.29 is 15.1 Å². The average molecular weight is 403 g/mol. The van der Waals surface area contributed by atoms with Gasteiger partial charge in [-0.25, -0.2) is 0 Å². The van der Waals surface area contributed by atoms with Crippen LogP contribution in [0.2, 0.25) is 0 Å². The highest BCUT2D eigenvalue weighted by Gasteiger charge is 2.38. The van der Waals surface area contributed by atoms with Crippen molar-refractivity contribution >= 4 is 34.3 Å². The number of amidine groups is 1. The van der Waals surface area contributed by atoms with E-state index in [0.717, 1.165) is 22.8 Å². The standard InChI is InChI=1S/C14H18IN3O3/c15-9-4-5-11(19)10(8-9)12(20)17-14(13(16)18-21)6-2-1-3-7-14/h4-5,8,19,21H,1-3,6-7H2,(H2,16,18)(H,17,20). The molecule has 21 heavy (non-hydrogen) atoms. The molecule has 0 spiro atoms. The molecule has 1 aliphatic carbocycles. The molecule has 1 fully saturated rings. The lowest BCUT2D eigenvalue weighted by Crippen LogP contribution is -2.58. The number of phenolic OH excluding ortho intramolecular Hbond substituents is 1. The topological polar surface area (TPSA) is 108 Å². The number of hydrogen-bond donors (Lipinski definition) is 4. The smallest absolute Gasteiger partial charge is 0.255 e. The first kappa shape index (κ1) is 15.9. The molecule has 2 rings (SSSR count). The normalized spacial score (nSPS) is 18.2. The van der Waals surface area contributed by atoms with Gasteiger partial charge in [0, 0.05) is 3.57 Å². The van der Waals surface area contributed by atoms with Crippen LogP contribution in [0.1, 0.15) is 42.5 Å². The van der Waals surface area contributed by atoms with Gasteiger partial charge in [-0.05, 0) is 53.6 Å². The molecular weight excluding hydrogens is 385 g/mol. The number of oxime groups is 1. The highest BCUT2D eigenvalue weighted by Crippen LogP contribution is 2.30. The third-order valence-corrected chi connectivity index (χ3v) is 4.53. The lowest BCUT2D eigenvalue weighted by Gasteiger charge is -2.36. The molecule has 7 heteroatoms. The summed E-state index contributed by atoms with van der Waals surface area (Å²) in [5.41, 5.74) is 5.16. The largest absolute Gasteiger partial charge is 0.507 e. The van der Waals surface area contributed by atoms with E-state index in [1.807, 2.05) is 0 Å². The molecule has 0 saturated heterocycles. The Kier molecular flexibility index (Phi) is 4.92. The summed E-state index contributed by atoms with van der Waals surface area (Å²) in [5, 5.41) is 24.8. The van der Waals surface area contributed by atoms with Crippen molar-refractivity contribution in [3.63, 3.8) is 0 Å². The summed E-state index contributed by atoms with van der Waals surface area (Å²) in [4.78, 5) is 12.4. The Morgan fingerprint density at radius 3 is 2.62 bits per heavy atom. The van der Waals surface area contributed by atoms with Crippen molar-refractivity contribution in [3.05, 3.63) is 27.3 Å². The number of halogens is 1. The van der Waals surface area contributed by atoms with Crippen LogP contribution in [0.15, 0.2) is 23.4 Å². The van der Waals surface area contributed by atoms with E-state index in [-0.39, 0.29) is 17.1 Å². The van der Waals surface area contributed by atoms with Crippen LogP contribution in [-0.2, 0) is 0 Å². The minimum Gasteiger partial charge on any atom is -0.507 e. The molecule has 0 atom stereocenters. The van der Waals surface area contributed by atoms with Crippen LogP contribution in [0.5, 0.6) is 5.75 Å². The molecule has 0 aromatic heterocycles. The van der Waals surface area contributed by atoms with Gasteiger partial charge in [-0.15, -0.1) is 0 Å². The molecule has 0 bridgehead atoms. The van der Waals surface area contributed by atoms with Crippen LogP contribution in [0.3, 0.4) is 0 Å². The highest BCUT2D eigenvalue weighted by atomic mass is 127. The molecule has 1 aromatic carbocycles. The third-order valence-electron chi connectivity index (χ3n) is 3.86. The van der Waals surface area contributed by atoms with E-state index in [4.69, 9.17) is 10.9 Å². The minimum absolute atomic E-state index is 0.0145. The number of carbonyl (C=O) groups is 1. The monoisotopic (exact) mass is 403 g/mol. The van der Waals surface area contributed by atoms with Crippen molar-refractivity contribution in [1.82, 2.24) is 5.32 Å². The van der Waals surface area contributed by atoms with Gasteiger partial charge in [0.1, 0.15) is 11.3 Å². The number of amides is 1. The average Bonchev–Trinajstić information content (AvgIpc) is 2.49. The molecule has 5 N–H and O–H groups in total. The fraction of sp³-hybridized carbons (Fsp3) is 0.429. The Hall–Kier alpha value is -1.51. The van der Waals surface area contributed by atoms with Crippen molar-refractivity contribution in [3.8, 4) is 5.75 Å². The van der Waals surface area contributed by atoms with Gasteiger partial charge in [-0.1, -0.05) is 24.4 Å². The molecule has 1 amide bonds. The number of rotatable bonds is 3. The lowest BCUT2D eigenvalue weighted by molar-refractivity contribution is 0.0903. The Morgan fingerprint density at radius 1 is 1.33 bits per heavy atom. The Labute approximate surface area is 136 Å². The number of benzene rings is 1. The number of hydrogen-bond acceptors (Lipinski definition) is 4. The van der Waals surface area contributed by atoms with Crippen molar-refractivity contribution in [2.75, 3.05) is 0 Å². The van der Waals surface area contributed by atoms with E-state index in [2.05, 4.69) is 33.1 Å². The zero-order valence-electron chi connectivity index (χ0n) is 11.5. The van der Waals surface area contributed by atoms with Gasteiger partial charge in [0.25, 0.3) is 5.91 Å². The molecule has 6 nitrogen and oxygen atoms in total. The number of nitrogens with two attached hydrogens (primary N) is 1. The van der Waals surface area contributed by atoms with Gasteiger partial charge in [0.2, 0.25) is 0 Å². The van der Waals surface area contributed by atoms with Crippen LogP contribution in [0.4, 0.5) is 0 Å². The first-order valence-electron chi connectivity index (χ1n) is 6.77. The second-order valence-electron chi connectivity index (χ2n) is 5.24. The summed E-state index contributed by atoms with van der Waals surface area (Å²) < 4.78 is 0.844. The highest BCUT2D eigenvalue weighted by molar-refractivity contribution is 14.1. The van der Waals surface area contributed by atoms with E-state index in [1.54, 1.807) is 12.1 Å². The summed E-state index contributed by atoms with van der Waals surface area (Å²) in [6, 6.07) is 4.80. The van der Waals surface area contributed by atoms with E-state index in [0.29, 0.717) is 12.8 Å². The van der Waals surface area contributed by atoms with Crippen molar-refractivity contribution in [2.45, 2.75) is 37.6 Å². The van der Waals surface area contributed by atoms with Gasteiger partial charge < -0.3 is 21.4 Å². The summed E-state index contributed by atoms with van der Waals surface area (Å²) in [7, 11) is 0. The maximum atomic E-state index is 12.4. The van der Waals surface area contributed by atoms with Crippen molar-refractivity contribution in [1.29, 1.82) is 0 Å². The number of aromatic hydroxyl groups is 1. The number of nitrogens with zero attached hydrogens (tertiary/aromatic N) is 1. The Balaban J connectivity index is 2.28. The Bertz CT molecular complexity index is 569. The second-order valence-corrected chi connectivity index (χ2v) is 6.49. The van der Waals surface area contributed by atoms with Crippen LogP contribution < -0.4 is 11.1 Å². The van der Waals surface area contributed by atoms with Crippen LogP contribution in [-0.4, -0.2) is 27.6 Å². The molecule has 114 valence electrons. The van der Waals surface area contributed by atoms with Crippen LogP contribution >= 0.6 is 22.6 Å². The maximum absolute atomic E-state index is 12.4. The first-order valence-corrected chi connectivity index (χ1v) is 7.85. The molecular formula is C14H18IN3O3. The van der Waals surface area contributed by atoms with Crippen LogP contribution in [0, 0.1) is 3.57 Å². The summed E-state index contributed by atoms with van der Waals surface area (Å²) in [6.07, 6.45) is 4.10. The molecule has 0 unspecified atom stereocenters. The fourth-order valence-corrected chi connectivity index (χ4v) is 3.16. The zero-order valence-corrected chi connectivity index (χ0v) is 13.6. The molecule has 1 aliphatic rings. The van der Waals surface area contributed by atoms with Gasteiger partial charge in [0.15, 0.2) is 5.84 Å². The van der Waals surface area contributed by atoms with Crippen LogP contribution in [0.25, 0.3) is 0 Å². The molecule has 1 saturated carbocycles.